The minimum Gasteiger partial charge on any atom is -0.326 e. The summed E-state index contributed by atoms with van der Waals surface area (Å²) in [5, 5.41) is 0. The summed E-state index contributed by atoms with van der Waals surface area (Å²) < 4.78 is 2.10. The van der Waals surface area contributed by atoms with E-state index in [1.54, 1.807) is 0 Å². The number of hydrogen-bond donors (Lipinski definition) is 1. The largest absolute Gasteiger partial charge is 0.326 e. The maximum atomic E-state index is 5.67. The van der Waals surface area contributed by atoms with Crippen molar-refractivity contribution in [3.63, 3.8) is 0 Å². The number of rotatable bonds is 2. The molecule has 4 heteroatoms. The molecular weight excluding hydrogens is 224 g/mol. The van der Waals surface area contributed by atoms with Crippen LogP contribution < -0.4 is 5.73 Å². The zero-order chi connectivity index (χ0) is 12.5. The Morgan fingerprint density at radius 2 is 2.28 bits per heavy atom. The van der Waals surface area contributed by atoms with Crippen LogP contribution >= 0.6 is 0 Å². The smallest absolute Gasteiger partial charge is 0.137 e. The van der Waals surface area contributed by atoms with E-state index < -0.39 is 0 Å². The van der Waals surface area contributed by atoms with Crippen LogP contribution in [0.2, 0.25) is 0 Å². The third-order valence-electron chi connectivity index (χ3n) is 3.81. The molecule has 2 aromatic rings. The lowest BCUT2D eigenvalue weighted by Gasteiger charge is -2.28. The number of aromatic nitrogens is 2. The van der Waals surface area contributed by atoms with Crippen molar-refractivity contribution < 1.29 is 0 Å². The topological polar surface area (TPSA) is 46.6 Å². The maximum absolute atomic E-state index is 5.67. The number of fused-ring (bicyclic) bond motifs is 1. The quantitative estimate of drug-likeness (QED) is 0.873. The van der Waals surface area contributed by atoms with E-state index in [2.05, 4.69) is 40.9 Å². The number of pyridine rings is 1. The molecule has 1 aliphatic rings. The first-order valence-corrected chi connectivity index (χ1v) is 6.62. The molecule has 1 aliphatic heterocycles. The van der Waals surface area contributed by atoms with Crippen molar-refractivity contribution in [3.8, 4) is 0 Å². The molecule has 0 spiro atoms. The minimum absolute atomic E-state index is 0.574. The van der Waals surface area contributed by atoms with E-state index in [0.717, 1.165) is 17.8 Å². The van der Waals surface area contributed by atoms with Gasteiger partial charge in [-0.15, -0.1) is 0 Å². The van der Waals surface area contributed by atoms with Gasteiger partial charge >= 0.3 is 0 Å². The van der Waals surface area contributed by atoms with Gasteiger partial charge < -0.3 is 15.0 Å². The highest BCUT2D eigenvalue weighted by Gasteiger charge is 2.21. The van der Waals surface area contributed by atoms with Crippen LogP contribution in [0.15, 0.2) is 24.5 Å². The van der Waals surface area contributed by atoms with Crippen molar-refractivity contribution in [2.24, 2.45) is 5.73 Å². The summed E-state index contributed by atoms with van der Waals surface area (Å²) in [6.07, 6.45) is 6.76. The van der Waals surface area contributed by atoms with Gasteiger partial charge in [-0.25, -0.2) is 4.98 Å². The Balaban J connectivity index is 1.92. The molecule has 2 aromatic heterocycles. The van der Waals surface area contributed by atoms with Crippen LogP contribution in [0, 0.1) is 0 Å². The monoisotopic (exact) mass is 244 g/mol. The van der Waals surface area contributed by atoms with E-state index in [9.17, 15) is 0 Å². The summed E-state index contributed by atoms with van der Waals surface area (Å²) in [5.74, 6) is 0.574. The fraction of sp³-hybridized carbons (Fsp3) is 0.500. The highest BCUT2D eigenvalue weighted by Crippen LogP contribution is 2.25. The van der Waals surface area contributed by atoms with Gasteiger partial charge in [0.25, 0.3) is 0 Å². The van der Waals surface area contributed by atoms with Gasteiger partial charge in [-0.1, -0.05) is 6.07 Å². The maximum Gasteiger partial charge on any atom is 0.137 e. The summed E-state index contributed by atoms with van der Waals surface area (Å²) in [7, 11) is 2.19. The van der Waals surface area contributed by atoms with E-state index in [0.29, 0.717) is 12.5 Å². The molecule has 2 N–H and O–H groups in total. The normalized spacial score (nSPS) is 21.6. The summed E-state index contributed by atoms with van der Waals surface area (Å²) >= 11 is 0. The Morgan fingerprint density at radius 3 is 3.06 bits per heavy atom. The molecule has 0 saturated carbocycles. The molecule has 18 heavy (non-hydrogen) atoms. The average Bonchev–Trinajstić information content (AvgIpc) is 2.81. The van der Waals surface area contributed by atoms with Crippen molar-refractivity contribution in [1.29, 1.82) is 0 Å². The molecule has 0 radical (unpaired) electrons. The Bertz CT molecular complexity index is 546. The Hall–Kier alpha value is -1.39. The van der Waals surface area contributed by atoms with E-state index in [-0.39, 0.29) is 0 Å². The van der Waals surface area contributed by atoms with Gasteiger partial charge in [0.2, 0.25) is 0 Å². The minimum atomic E-state index is 0.574. The number of imidazole rings is 1. The predicted molar refractivity (Wildman–Crippen MR) is 72.6 cm³/mol. The number of nitrogens with zero attached hydrogens (tertiary/aromatic N) is 3. The van der Waals surface area contributed by atoms with Crippen molar-refractivity contribution in [1.82, 2.24) is 14.3 Å². The van der Waals surface area contributed by atoms with E-state index in [1.807, 2.05) is 0 Å². The lowest BCUT2D eigenvalue weighted by Crippen LogP contribution is -2.30. The summed E-state index contributed by atoms with van der Waals surface area (Å²) in [6, 6.07) is 4.11. The third kappa shape index (κ3) is 2.13. The Labute approximate surface area is 107 Å². The van der Waals surface area contributed by atoms with Gasteiger partial charge in [0, 0.05) is 31.4 Å². The van der Waals surface area contributed by atoms with Gasteiger partial charge in [0.05, 0.1) is 5.69 Å². The molecule has 1 atom stereocenters. The first-order chi connectivity index (χ1) is 8.76. The van der Waals surface area contributed by atoms with Crippen LogP contribution in [-0.4, -0.2) is 34.4 Å². The number of piperidine rings is 1. The molecule has 1 saturated heterocycles. The number of nitrogens with two attached hydrogens (primary N) is 1. The lowest BCUT2D eigenvalue weighted by atomic mass is 9.96. The second kappa shape index (κ2) is 4.71. The van der Waals surface area contributed by atoms with E-state index in [1.165, 1.54) is 25.1 Å². The molecule has 0 bridgehead atoms. The van der Waals surface area contributed by atoms with Crippen LogP contribution in [0.4, 0.5) is 0 Å². The van der Waals surface area contributed by atoms with Gasteiger partial charge in [0.1, 0.15) is 5.65 Å². The second-order valence-corrected chi connectivity index (χ2v) is 5.27. The summed E-state index contributed by atoms with van der Waals surface area (Å²) in [6.45, 7) is 2.91. The summed E-state index contributed by atoms with van der Waals surface area (Å²) in [4.78, 5) is 7.13. The average molecular weight is 244 g/mol. The molecule has 96 valence electrons. The second-order valence-electron chi connectivity index (χ2n) is 5.27. The third-order valence-corrected chi connectivity index (χ3v) is 3.81. The molecule has 0 amide bonds. The first-order valence-electron chi connectivity index (χ1n) is 6.62. The van der Waals surface area contributed by atoms with Gasteiger partial charge in [-0.05, 0) is 38.1 Å². The molecule has 0 aliphatic carbocycles. The molecular formula is C14H20N4. The van der Waals surface area contributed by atoms with Crippen LogP contribution in [0.3, 0.4) is 0 Å². The van der Waals surface area contributed by atoms with Crippen molar-refractivity contribution in [2.45, 2.75) is 25.3 Å². The SMILES string of the molecule is CN1CCCC(c2cn3cc(CN)ccc3n2)C1. The molecule has 3 rings (SSSR count). The van der Waals surface area contributed by atoms with E-state index in [4.69, 9.17) is 10.7 Å². The number of likely N-dealkylation sites (tertiary alicyclic amines) is 1. The van der Waals surface area contributed by atoms with Crippen LogP contribution in [0.5, 0.6) is 0 Å². The number of likely N-dealkylation sites (N-methyl/N-ethyl adjacent to an activating group) is 1. The van der Waals surface area contributed by atoms with E-state index >= 15 is 0 Å². The van der Waals surface area contributed by atoms with Crippen LogP contribution in [0.25, 0.3) is 5.65 Å². The van der Waals surface area contributed by atoms with Crippen molar-refractivity contribution in [2.75, 3.05) is 20.1 Å². The van der Waals surface area contributed by atoms with Gasteiger partial charge in [-0.2, -0.15) is 0 Å². The molecule has 3 heterocycles. The highest BCUT2D eigenvalue weighted by atomic mass is 15.1. The number of hydrogen-bond acceptors (Lipinski definition) is 3. The standard InChI is InChI=1S/C14H20N4/c1-17-6-2-3-12(9-17)13-10-18-8-11(7-15)4-5-14(18)16-13/h4-5,8,10,12H,2-3,6-7,9,15H2,1H3. The fourth-order valence-electron chi connectivity index (χ4n) is 2.78. The van der Waals surface area contributed by atoms with Gasteiger partial charge in [0.15, 0.2) is 0 Å². The summed E-state index contributed by atoms with van der Waals surface area (Å²) in [5.41, 5.74) is 9.06. The van der Waals surface area contributed by atoms with Crippen molar-refractivity contribution in [3.05, 3.63) is 35.8 Å². The highest BCUT2D eigenvalue weighted by molar-refractivity contribution is 5.42. The zero-order valence-corrected chi connectivity index (χ0v) is 10.8. The zero-order valence-electron chi connectivity index (χ0n) is 10.8. The Kier molecular flexibility index (Phi) is 3.06. The first kappa shape index (κ1) is 11.7. The van der Waals surface area contributed by atoms with Crippen molar-refractivity contribution >= 4 is 5.65 Å². The van der Waals surface area contributed by atoms with Crippen LogP contribution in [-0.2, 0) is 6.54 Å². The molecule has 1 fully saturated rings. The Morgan fingerprint density at radius 1 is 1.39 bits per heavy atom. The molecule has 0 aromatic carbocycles. The predicted octanol–water partition coefficient (Wildman–Crippen LogP) is 1.60. The van der Waals surface area contributed by atoms with Crippen LogP contribution in [0.1, 0.15) is 30.0 Å². The fourth-order valence-corrected chi connectivity index (χ4v) is 2.78. The molecule has 4 nitrogen and oxygen atoms in total. The lowest BCUT2D eigenvalue weighted by molar-refractivity contribution is 0.249. The molecule has 1 unspecified atom stereocenters. The van der Waals surface area contributed by atoms with Gasteiger partial charge in [-0.3, -0.25) is 0 Å².